The molecule has 4 N–H and O–H groups in total. The van der Waals surface area contributed by atoms with Crippen LogP contribution in [0.5, 0.6) is 0 Å². The van der Waals surface area contributed by atoms with E-state index in [0.717, 1.165) is 12.0 Å². The Morgan fingerprint density at radius 2 is 1.65 bits per heavy atom. The molecule has 0 saturated carbocycles. The third-order valence-electron chi connectivity index (χ3n) is 4.27. The van der Waals surface area contributed by atoms with E-state index in [9.17, 15) is 14.4 Å². The quantitative estimate of drug-likeness (QED) is 0.589. The van der Waals surface area contributed by atoms with Crippen LogP contribution in [0.2, 0.25) is 0 Å². The van der Waals surface area contributed by atoms with Crippen LogP contribution in [-0.4, -0.2) is 35.7 Å². The number of nitrogens with one attached hydrogen (secondary N) is 2. The minimum Gasteiger partial charge on any atom is -0.345 e. The van der Waals surface area contributed by atoms with Crippen molar-refractivity contribution in [1.82, 2.24) is 10.6 Å². The summed E-state index contributed by atoms with van der Waals surface area (Å²) >= 11 is 0. The van der Waals surface area contributed by atoms with E-state index < -0.39 is 18.1 Å². The highest BCUT2D eigenvalue weighted by Gasteiger charge is 2.28. The number of hydrogen-bond donors (Lipinski definition) is 3. The molecule has 6 heteroatoms. The summed E-state index contributed by atoms with van der Waals surface area (Å²) in [6.07, 6.45) is 1.75. The molecule has 1 aromatic rings. The molecule has 0 aliphatic rings. The minimum absolute atomic E-state index is 0.0881. The van der Waals surface area contributed by atoms with Gasteiger partial charge < -0.3 is 16.4 Å². The van der Waals surface area contributed by atoms with Crippen molar-refractivity contribution in [2.24, 2.45) is 11.7 Å². The van der Waals surface area contributed by atoms with Crippen molar-refractivity contribution in [2.75, 3.05) is 0 Å². The molecule has 0 saturated heterocycles. The number of amides is 2. The largest absolute Gasteiger partial charge is 0.345 e. The van der Waals surface area contributed by atoms with Crippen molar-refractivity contribution in [3.8, 4) is 0 Å². The van der Waals surface area contributed by atoms with Gasteiger partial charge in [-0.15, -0.1) is 0 Å². The van der Waals surface area contributed by atoms with Gasteiger partial charge in [-0.3, -0.25) is 14.4 Å². The Morgan fingerprint density at radius 3 is 2.15 bits per heavy atom. The van der Waals surface area contributed by atoms with Gasteiger partial charge in [-0.05, 0) is 31.2 Å². The van der Waals surface area contributed by atoms with E-state index in [2.05, 4.69) is 10.6 Å². The van der Waals surface area contributed by atoms with E-state index in [1.165, 1.54) is 6.92 Å². The fourth-order valence-corrected chi connectivity index (χ4v) is 2.68. The predicted octanol–water partition coefficient (Wildman–Crippen LogP) is 1.57. The molecule has 0 bridgehead atoms. The smallest absolute Gasteiger partial charge is 0.243 e. The number of Topliss-reactive ketones (excluding diaryl/α,β-unsaturated/α-hetero) is 1. The summed E-state index contributed by atoms with van der Waals surface area (Å²) in [7, 11) is 0. The summed E-state index contributed by atoms with van der Waals surface area (Å²) in [5, 5.41) is 5.48. The molecule has 1 rings (SSSR count). The maximum absolute atomic E-state index is 12.6. The molecule has 0 spiro atoms. The fourth-order valence-electron chi connectivity index (χ4n) is 2.68. The Morgan fingerprint density at radius 1 is 1.04 bits per heavy atom. The van der Waals surface area contributed by atoms with E-state index >= 15 is 0 Å². The Bertz CT molecular complexity index is 602. The van der Waals surface area contributed by atoms with Crippen molar-refractivity contribution < 1.29 is 14.4 Å². The summed E-state index contributed by atoms with van der Waals surface area (Å²) in [5.74, 6) is -0.946. The normalized spacial score (nSPS) is 14.4. The monoisotopic (exact) mass is 361 g/mol. The van der Waals surface area contributed by atoms with Gasteiger partial charge in [-0.1, -0.05) is 57.5 Å². The number of carbonyl (C=O) groups is 3. The highest BCUT2D eigenvalue weighted by Crippen LogP contribution is 2.07. The number of hydrogen-bond acceptors (Lipinski definition) is 4. The first kappa shape index (κ1) is 21.8. The second-order valence-electron chi connectivity index (χ2n) is 6.99. The molecule has 26 heavy (non-hydrogen) atoms. The zero-order valence-electron chi connectivity index (χ0n) is 16.1. The lowest BCUT2D eigenvalue weighted by molar-refractivity contribution is -0.132. The maximum Gasteiger partial charge on any atom is 0.243 e. The topological polar surface area (TPSA) is 101 Å². The first-order valence-electron chi connectivity index (χ1n) is 9.16. The van der Waals surface area contributed by atoms with Gasteiger partial charge in [0, 0.05) is 0 Å². The molecule has 6 nitrogen and oxygen atoms in total. The van der Waals surface area contributed by atoms with Crippen molar-refractivity contribution in [3.63, 3.8) is 0 Å². The predicted molar refractivity (Wildman–Crippen MR) is 102 cm³/mol. The minimum atomic E-state index is -0.745. The van der Waals surface area contributed by atoms with Crippen LogP contribution in [-0.2, 0) is 20.8 Å². The first-order valence-corrected chi connectivity index (χ1v) is 9.16. The van der Waals surface area contributed by atoms with Crippen LogP contribution in [0.25, 0.3) is 0 Å². The average Bonchev–Trinajstić information content (AvgIpc) is 2.59. The number of carbonyl (C=O) groups excluding carboxylic acids is 3. The summed E-state index contributed by atoms with van der Waals surface area (Å²) in [6, 6.07) is 7.48. The number of ketones is 1. The molecule has 2 amide bonds. The summed E-state index contributed by atoms with van der Waals surface area (Å²) in [6.45, 7) is 7.09. The molecule has 0 aromatic heterocycles. The Labute approximate surface area is 155 Å². The van der Waals surface area contributed by atoms with Crippen molar-refractivity contribution >= 4 is 17.6 Å². The third kappa shape index (κ3) is 6.96. The van der Waals surface area contributed by atoms with Crippen LogP contribution in [0.4, 0.5) is 0 Å². The van der Waals surface area contributed by atoms with E-state index in [0.29, 0.717) is 12.8 Å². The Hall–Kier alpha value is -2.21. The highest BCUT2D eigenvalue weighted by atomic mass is 16.2. The van der Waals surface area contributed by atoms with Gasteiger partial charge in [-0.2, -0.15) is 0 Å². The summed E-state index contributed by atoms with van der Waals surface area (Å²) in [5.41, 5.74) is 6.96. The van der Waals surface area contributed by atoms with E-state index in [1.807, 2.05) is 51.1 Å². The number of nitrogens with two attached hydrogens (primary N) is 1. The van der Waals surface area contributed by atoms with Crippen LogP contribution in [0.1, 0.15) is 46.1 Å². The van der Waals surface area contributed by atoms with E-state index in [-0.39, 0.29) is 23.5 Å². The molecule has 3 atom stereocenters. The second kappa shape index (κ2) is 10.7. The van der Waals surface area contributed by atoms with Gasteiger partial charge in [0.05, 0.1) is 12.1 Å². The molecule has 0 radical (unpaired) electrons. The van der Waals surface area contributed by atoms with Crippen LogP contribution in [0, 0.1) is 5.92 Å². The second-order valence-corrected chi connectivity index (χ2v) is 6.99. The summed E-state index contributed by atoms with van der Waals surface area (Å²) in [4.78, 5) is 36.7. The zero-order valence-corrected chi connectivity index (χ0v) is 16.1. The lowest BCUT2D eigenvalue weighted by Crippen LogP contribution is -2.56. The van der Waals surface area contributed by atoms with Gasteiger partial charge in [0.2, 0.25) is 11.8 Å². The van der Waals surface area contributed by atoms with Crippen LogP contribution in [0.15, 0.2) is 30.3 Å². The van der Waals surface area contributed by atoms with Crippen molar-refractivity contribution in [1.29, 1.82) is 0 Å². The highest BCUT2D eigenvalue weighted by molar-refractivity contribution is 5.93. The molecule has 0 fully saturated rings. The van der Waals surface area contributed by atoms with Gasteiger partial charge in [0.25, 0.3) is 0 Å². The Kier molecular flexibility index (Phi) is 8.99. The lowest BCUT2D eigenvalue weighted by atomic mass is 10.00. The summed E-state index contributed by atoms with van der Waals surface area (Å²) < 4.78 is 0. The van der Waals surface area contributed by atoms with E-state index in [1.54, 1.807) is 0 Å². The molecule has 144 valence electrons. The van der Waals surface area contributed by atoms with Gasteiger partial charge in [0.15, 0.2) is 5.78 Å². The standard InChI is InChI=1S/C20H31N3O3/c1-5-9-17(14(4)24)22-20(26)18(13(2)3)23-19(25)16(21)12-15-10-7-6-8-11-15/h6-8,10-11,13,16-18H,5,9,12,21H2,1-4H3,(H,22,26)(H,23,25)/t16-,17+,18+/m1/s1. The number of rotatable bonds is 10. The lowest BCUT2D eigenvalue weighted by Gasteiger charge is -2.25. The van der Waals surface area contributed by atoms with Crippen molar-refractivity contribution in [3.05, 3.63) is 35.9 Å². The van der Waals surface area contributed by atoms with E-state index in [4.69, 9.17) is 5.73 Å². The van der Waals surface area contributed by atoms with Gasteiger partial charge in [-0.25, -0.2) is 0 Å². The average molecular weight is 361 g/mol. The first-order chi connectivity index (χ1) is 12.3. The van der Waals surface area contributed by atoms with Crippen LogP contribution in [0.3, 0.4) is 0 Å². The maximum atomic E-state index is 12.6. The SMILES string of the molecule is CCC[C@H](NC(=O)[C@@H](NC(=O)[C@H](N)Cc1ccccc1)C(C)C)C(C)=O. The molecule has 0 aliphatic carbocycles. The van der Waals surface area contributed by atoms with Gasteiger partial charge in [0.1, 0.15) is 6.04 Å². The zero-order chi connectivity index (χ0) is 19.7. The van der Waals surface area contributed by atoms with Crippen LogP contribution < -0.4 is 16.4 Å². The Balaban J connectivity index is 2.72. The number of benzene rings is 1. The van der Waals surface area contributed by atoms with Crippen LogP contribution >= 0.6 is 0 Å². The molecule has 1 aromatic carbocycles. The third-order valence-corrected chi connectivity index (χ3v) is 4.27. The van der Waals surface area contributed by atoms with Crippen molar-refractivity contribution in [2.45, 2.75) is 65.1 Å². The molecule has 0 aliphatic heterocycles. The molecular weight excluding hydrogens is 330 g/mol. The molecule has 0 unspecified atom stereocenters. The molecule has 0 heterocycles. The fraction of sp³-hybridized carbons (Fsp3) is 0.550. The van der Waals surface area contributed by atoms with Gasteiger partial charge >= 0.3 is 0 Å². The molecular formula is C20H31N3O3.